The van der Waals surface area contributed by atoms with Crippen LogP contribution in [0.15, 0.2) is 53.0 Å². The molecule has 0 unspecified atom stereocenters. The minimum Gasteiger partial charge on any atom is -0.339 e. The van der Waals surface area contributed by atoms with E-state index in [1.807, 2.05) is 36.1 Å². The molecular formula is C23H29BrN4O2. The van der Waals surface area contributed by atoms with E-state index in [9.17, 15) is 9.59 Å². The highest BCUT2D eigenvalue weighted by atomic mass is 79.9. The van der Waals surface area contributed by atoms with Gasteiger partial charge in [0.2, 0.25) is 11.8 Å². The second-order valence-corrected chi connectivity index (χ2v) is 8.74. The van der Waals surface area contributed by atoms with Crippen molar-refractivity contribution in [3.8, 4) is 0 Å². The van der Waals surface area contributed by atoms with Crippen LogP contribution < -0.4 is 5.32 Å². The summed E-state index contributed by atoms with van der Waals surface area (Å²) in [7, 11) is 1.80. The summed E-state index contributed by atoms with van der Waals surface area (Å²) >= 11 is 3.42. The molecule has 30 heavy (non-hydrogen) atoms. The van der Waals surface area contributed by atoms with Gasteiger partial charge in [-0.15, -0.1) is 0 Å². The monoisotopic (exact) mass is 472 g/mol. The van der Waals surface area contributed by atoms with Crippen LogP contribution in [-0.2, 0) is 16.1 Å². The van der Waals surface area contributed by atoms with Gasteiger partial charge in [-0.05, 0) is 43.3 Å². The molecule has 7 heteroatoms. The Kier molecular flexibility index (Phi) is 8.01. The summed E-state index contributed by atoms with van der Waals surface area (Å²) in [6.45, 7) is 6.47. The van der Waals surface area contributed by atoms with E-state index in [0.717, 1.165) is 48.4 Å². The molecule has 6 nitrogen and oxygen atoms in total. The Labute approximate surface area is 187 Å². The Balaban J connectivity index is 1.40. The lowest BCUT2D eigenvalue weighted by Crippen LogP contribution is -2.51. The van der Waals surface area contributed by atoms with Crippen LogP contribution in [0.5, 0.6) is 0 Å². The van der Waals surface area contributed by atoms with E-state index in [-0.39, 0.29) is 24.9 Å². The van der Waals surface area contributed by atoms with Crippen molar-refractivity contribution in [2.24, 2.45) is 0 Å². The Hall–Kier alpha value is -2.22. The molecule has 0 radical (unpaired) electrons. The maximum absolute atomic E-state index is 12.6. The number of carbonyl (C=O) groups excluding carboxylic acids is 2. The summed E-state index contributed by atoms with van der Waals surface area (Å²) in [4.78, 5) is 31.0. The summed E-state index contributed by atoms with van der Waals surface area (Å²) in [6, 6.07) is 16.1. The summed E-state index contributed by atoms with van der Waals surface area (Å²) < 4.78 is 0.976. The molecule has 1 N–H and O–H groups in total. The van der Waals surface area contributed by atoms with E-state index in [1.165, 1.54) is 5.56 Å². The summed E-state index contributed by atoms with van der Waals surface area (Å²) in [5.74, 6) is -0.0483. The Morgan fingerprint density at radius 3 is 2.40 bits per heavy atom. The zero-order valence-electron chi connectivity index (χ0n) is 17.6. The van der Waals surface area contributed by atoms with Gasteiger partial charge in [0.1, 0.15) is 0 Å². The molecule has 1 heterocycles. The van der Waals surface area contributed by atoms with Crippen molar-refractivity contribution >= 4 is 33.4 Å². The van der Waals surface area contributed by atoms with Crippen LogP contribution in [0.2, 0.25) is 0 Å². The fourth-order valence-electron chi connectivity index (χ4n) is 3.59. The molecule has 3 rings (SSSR count). The first-order valence-corrected chi connectivity index (χ1v) is 11.0. The number of aryl methyl sites for hydroxylation is 1. The van der Waals surface area contributed by atoms with Gasteiger partial charge in [-0.3, -0.25) is 19.4 Å². The van der Waals surface area contributed by atoms with Crippen LogP contribution in [0.4, 0.5) is 5.69 Å². The molecule has 0 saturated carbocycles. The molecule has 1 aliphatic heterocycles. The fourth-order valence-corrected chi connectivity index (χ4v) is 4.06. The van der Waals surface area contributed by atoms with E-state index in [2.05, 4.69) is 50.4 Å². The van der Waals surface area contributed by atoms with Gasteiger partial charge in [0.15, 0.2) is 0 Å². The molecule has 0 aliphatic carbocycles. The first-order valence-electron chi connectivity index (χ1n) is 10.2. The second-order valence-electron chi connectivity index (χ2n) is 7.82. The van der Waals surface area contributed by atoms with Crippen molar-refractivity contribution in [1.82, 2.24) is 14.7 Å². The molecule has 0 bridgehead atoms. The summed E-state index contributed by atoms with van der Waals surface area (Å²) in [6.07, 6.45) is 0. The van der Waals surface area contributed by atoms with Crippen LogP contribution in [0, 0.1) is 6.92 Å². The average molecular weight is 473 g/mol. The van der Waals surface area contributed by atoms with E-state index in [4.69, 9.17) is 0 Å². The number of halogens is 1. The van der Waals surface area contributed by atoms with E-state index in [1.54, 1.807) is 11.9 Å². The minimum atomic E-state index is -0.122. The maximum Gasteiger partial charge on any atom is 0.238 e. The number of nitrogens with zero attached hydrogens (tertiary/aromatic N) is 3. The first-order chi connectivity index (χ1) is 14.4. The lowest BCUT2D eigenvalue weighted by molar-refractivity contribution is -0.134. The molecule has 1 saturated heterocycles. The standard InChI is InChI=1S/C23H29BrN4O2/c1-18-14-20(24)8-9-21(18)25-22(29)16-26(2)17-23(30)28-12-10-27(11-13-28)15-19-6-4-3-5-7-19/h3-9,14H,10-13,15-17H2,1-2H3,(H,25,29). The predicted molar refractivity (Wildman–Crippen MR) is 123 cm³/mol. The minimum absolute atomic E-state index is 0.0736. The Morgan fingerprint density at radius 1 is 1.03 bits per heavy atom. The third-order valence-electron chi connectivity index (χ3n) is 5.26. The van der Waals surface area contributed by atoms with Crippen LogP contribution in [0.25, 0.3) is 0 Å². The van der Waals surface area contributed by atoms with Crippen LogP contribution in [0.3, 0.4) is 0 Å². The Bertz CT molecular complexity index is 867. The van der Waals surface area contributed by atoms with Crippen molar-refractivity contribution in [1.29, 1.82) is 0 Å². The molecule has 1 aliphatic rings. The third-order valence-corrected chi connectivity index (χ3v) is 5.75. The topological polar surface area (TPSA) is 55.9 Å². The number of hydrogen-bond donors (Lipinski definition) is 1. The largest absolute Gasteiger partial charge is 0.339 e. The van der Waals surface area contributed by atoms with Gasteiger partial charge in [0.25, 0.3) is 0 Å². The van der Waals surface area contributed by atoms with Crippen molar-refractivity contribution < 1.29 is 9.59 Å². The average Bonchev–Trinajstić information content (AvgIpc) is 2.71. The number of anilines is 1. The molecule has 1 fully saturated rings. The highest BCUT2D eigenvalue weighted by Crippen LogP contribution is 2.20. The highest BCUT2D eigenvalue weighted by Gasteiger charge is 2.22. The van der Waals surface area contributed by atoms with Crippen molar-refractivity contribution in [2.45, 2.75) is 13.5 Å². The number of benzene rings is 2. The van der Waals surface area contributed by atoms with Gasteiger partial charge >= 0.3 is 0 Å². The number of nitrogens with one attached hydrogen (secondary N) is 1. The number of piperazine rings is 1. The zero-order chi connectivity index (χ0) is 21.5. The molecule has 2 aromatic carbocycles. The maximum atomic E-state index is 12.6. The molecule has 0 spiro atoms. The second kappa shape index (κ2) is 10.7. The van der Waals surface area contributed by atoms with E-state index in [0.29, 0.717) is 0 Å². The number of hydrogen-bond acceptors (Lipinski definition) is 4. The molecule has 2 aromatic rings. The molecule has 2 amide bonds. The summed E-state index contributed by atoms with van der Waals surface area (Å²) in [5.41, 5.74) is 3.08. The SMILES string of the molecule is Cc1cc(Br)ccc1NC(=O)CN(C)CC(=O)N1CCN(Cc2ccccc2)CC1. The normalized spacial score (nSPS) is 14.7. The fraction of sp³-hybridized carbons (Fsp3) is 0.391. The molecule has 160 valence electrons. The Morgan fingerprint density at radius 2 is 1.73 bits per heavy atom. The first kappa shape index (κ1) is 22.5. The van der Waals surface area contributed by atoms with Gasteiger partial charge in [-0.25, -0.2) is 0 Å². The number of likely N-dealkylation sites (N-methyl/N-ethyl adjacent to an activating group) is 1. The van der Waals surface area contributed by atoms with Crippen LogP contribution in [-0.4, -0.2) is 72.8 Å². The van der Waals surface area contributed by atoms with Gasteiger partial charge in [0, 0.05) is 42.9 Å². The number of rotatable bonds is 7. The molecular weight excluding hydrogens is 444 g/mol. The van der Waals surface area contributed by atoms with Crippen LogP contribution >= 0.6 is 15.9 Å². The quantitative estimate of drug-likeness (QED) is 0.672. The van der Waals surface area contributed by atoms with E-state index < -0.39 is 0 Å². The van der Waals surface area contributed by atoms with Crippen molar-refractivity contribution in [3.63, 3.8) is 0 Å². The van der Waals surface area contributed by atoms with Crippen LogP contribution in [0.1, 0.15) is 11.1 Å². The molecule has 0 aromatic heterocycles. The van der Waals surface area contributed by atoms with E-state index >= 15 is 0 Å². The zero-order valence-corrected chi connectivity index (χ0v) is 19.2. The molecule has 0 atom stereocenters. The van der Waals surface area contributed by atoms with Gasteiger partial charge < -0.3 is 10.2 Å². The lowest BCUT2D eigenvalue weighted by Gasteiger charge is -2.35. The van der Waals surface area contributed by atoms with Crippen molar-refractivity contribution in [3.05, 3.63) is 64.1 Å². The van der Waals surface area contributed by atoms with Gasteiger partial charge in [-0.1, -0.05) is 46.3 Å². The summed E-state index contributed by atoms with van der Waals surface area (Å²) in [5, 5.41) is 2.92. The predicted octanol–water partition coefficient (Wildman–Crippen LogP) is 2.97. The smallest absolute Gasteiger partial charge is 0.238 e. The van der Waals surface area contributed by atoms with Gasteiger partial charge in [-0.2, -0.15) is 0 Å². The van der Waals surface area contributed by atoms with Crippen molar-refractivity contribution in [2.75, 3.05) is 51.6 Å². The third kappa shape index (κ3) is 6.65. The lowest BCUT2D eigenvalue weighted by atomic mass is 10.2. The number of carbonyl (C=O) groups is 2. The number of amides is 2. The highest BCUT2D eigenvalue weighted by molar-refractivity contribution is 9.10. The van der Waals surface area contributed by atoms with Gasteiger partial charge in [0.05, 0.1) is 13.1 Å².